The molecule has 4 heterocycles. The molecule has 0 bridgehead atoms. The van der Waals surface area contributed by atoms with E-state index in [1.807, 2.05) is 37.5 Å². The lowest BCUT2D eigenvalue weighted by Gasteiger charge is -2.21. The molecule has 8 nitrogen and oxygen atoms in total. The van der Waals surface area contributed by atoms with Gasteiger partial charge >= 0.3 is 0 Å². The largest absolute Gasteiger partial charge is 0.357 e. The summed E-state index contributed by atoms with van der Waals surface area (Å²) >= 11 is 0. The summed E-state index contributed by atoms with van der Waals surface area (Å²) in [6.45, 7) is 6.34. The summed E-state index contributed by atoms with van der Waals surface area (Å²) in [5, 5.41) is 4.71. The van der Waals surface area contributed by atoms with E-state index in [0.29, 0.717) is 16.6 Å². The van der Waals surface area contributed by atoms with E-state index in [1.165, 1.54) is 5.56 Å². The first-order valence-corrected chi connectivity index (χ1v) is 13.6. The van der Waals surface area contributed by atoms with Gasteiger partial charge in [-0.2, -0.15) is 0 Å². The van der Waals surface area contributed by atoms with Crippen molar-refractivity contribution < 1.29 is 4.79 Å². The number of aromatic amines is 2. The van der Waals surface area contributed by atoms with Crippen LogP contribution in [0.3, 0.4) is 0 Å². The Morgan fingerprint density at radius 3 is 2.62 bits per heavy atom. The first-order valence-electron chi connectivity index (χ1n) is 13.6. The number of carbonyl (C=O) groups excluding carboxylic acids is 1. The normalized spacial score (nSPS) is 13.4. The first kappa shape index (κ1) is 25.0. The van der Waals surface area contributed by atoms with Gasteiger partial charge in [0.15, 0.2) is 0 Å². The van der Waals surface area contributed by atoms with Crippen LogP contribution in [0.1, 0.15) is 65.5 Å². The third-order valence-corrected chi connectivity index (χ3v) is 8.13. The highest BCUT2D eigenvalue weighted by Gasteiger charge is 2.22. The molecule has 39 heavy (non-hydrogen) atoms. The van der Waals surface area contributed by atoms with Crippen molar-refractivity contribution in [3.8, 4) is 11.1 Å². The van der Waals surface area contributed by atoms with Gasteiger partial charge in [-0.3, -0.25) is 14.4 Å². The minimum absolute atomic E-state index is 0.102. The van der Waals surface area contributed by atoms with Crippen molar-refractivity contribution in [2.75, 3.05) is 0 Å². The summed E-state index contributed by atoms with van der Waals surface area (Å²) in [7, 11) is 1.73. The molecule has 6 rings (SSSR count). The van der Waals surface area contributed by atoms with Crippen LogP contribution in [0.2, 0.25) is 0 Å². The molecule has 0 atom stereocenters. The number of pyridine rings is 2. The van der Waals surface area contributed by atoms with Gasteiger partial charge in [0.2, 0.25) is 0 Å². The maximum Gasteiger partial charge on any atom is 0.274 e. The average molecular weight is 524 g/mol. The third-order valence-electron chi connectivity index (χ3n) is 8.13. The van der Waals surface area contributed by atoms with Crippen molar-refractivity contribution in [3.05, 3.63) is 91.5 Å². The van der Waals surface area contributed by atoms with E-state index in [4.69, 9.17) is 0 Å². The molecule has 1 amide bonds. The van der Waals surface area contributed by atoms with Crippen LogP contribution in [0.5, 0.6) is 0 Å². The van der Waals surface area contributed by atoms with Crippen molar-refractivity contribution in [2.24, 2.45) is 7.05 Å². The fraction of sp³-hybridized carbons (Fsp3) is 0.323. The van der Waals surface area contributed by atoms with Gasteiger partial charge in [-0.25, -0.2) is 0 Å². The van der Waals surface area contributed by atoms with E-state index >= 15 is 0 Å². The number of amides is 1. The van der Waals surface area contributed by atoms with Gasteiger partial charge in [-0.15, -0.1) is 0 Å². The monoisotopic (exact) mass is 523 g/mol. The number of aryl methyl sites for hydroxylation is 2. The van der Waals surface area contributed by atoms with Crippen LogP contribution in [-0.4, -0.2) is 25.0 Å². The van der Waals surface area contributed by atoms with E-state index in [-0.39, 0.29) is 29.6 Å². The van der Waals surface area contributed by atoms with Gasteiger partial charge in [-0.1, -0.05) is 0 Å². The molecule has 0 spiro atoms. The van der Waals surface area contributed by atoms with Crippen LogP contribution >= 0.6 is 0 Å². The molecular formula is C31H33N5O3. The summed E-state index contributed by atoms with van der Waals surface area (Å²) in [5.74, 6) is -0.233. The molecule has 200 valence electrons. The molecule has 4 aromatic heterocycles. The number of nitrogens with zero attached hydrogens (tertiary/aromatic N) is 2. The Balaban J connectivity index is 1.46. The lowest BCUT2D eigenvalue weighted by atomic mass is 9.88. The predicted molar refractivity (Wildman–Crippen MR) is 154 cm³/mol. The smallest absolute Gasteiger partial charge is 0.274 e. The van der Waals surface area contributed by atoms with Crippen LogP contribution in [0.15, 0.2) is 52.4 Å². The zero-order valence-corrected chi connectivity index (χ0v) is 22.8. The van der Waals surface area contributed by atoms with E-state index in [0.717, 1.165) is 64.4 Å². The molecule has 0 saturated heterocycles. The van der Waals surface area contributed by atoms with E-state index < -0.39 is 0 Å². The number of rotatable bonds is 5. The number of nitrogens with one attached hydrogen (secondary N) is 3. The predicted octanol–water partition coefficient (Wildman–Crippen LogP) is 4.87. The molecule has 3 N–H and O–H groups in total. The summed E-state index contributed by atoms with van der Waals surface area (Å²) < 4.78 is 3.71. The standard InChI is InChI=1S/C31H33N5O3/c1-17(2)36-12-10-22-24(29(37)33-15-25-21-8-6-5-7-20(21)18(3)34-30(25)38)13-19(14-27(22)36)26-16-35(4)31(39)28-23(26)9-11-32-28/h9-14,16-17,32H,5-8,15H2,1-4H3,(H,33,37)(H,34,38). The Morgan fingerprint density at radius 1 is 1.08 bits per heavy atom. The Labute approximate surface area is 225 Å². The quantitative estimate of drug-likeness (QED) is 0.306. The number of aromatic nitrogens is 4. The SMILES string of the molecule is Cc1[nH]c(=O)c(CNC(=O)c2cc(-c3cn(C)c(=O)c4[nH]ccc34)cc3c2ccn3C(C)C)c2c1CCCC2. The molecule has 0 radical (unpaired) electrons. The van der Waals surface area contributed by atoms with E-state index in [2.05, 4.69) is 39.8 Å². The second-order valence-electron chi connectivity index (χ2n) is 10.9. The summed E-state index contributed by atoms with van der Waals surface area (Å²) in [6.07, 6.45) is 9.57. The number of fused-ring (bicyclic) bond motifs is 3. The van der Waals surface area contributed by atoms with Crippen molar-refractivity contribution >= 4 is 27.7 Å². The van der Waals surface area contributed by atoms with Gasteiger partial charge in [0.25, 0.3) is 17.0 Å². The highest BCUT2D eigenvalue weighted by atomic mass is 16.2. The Morgan fingerprint density at radius 2 is 1.85 bits per heavy atom. The molecular weight excluding hydrogens is 490 g/mol. The molecule has 0 saturated carbocycles. The third kappa shape index (κ3) is 4.11. The number of carbonyl (C=O) groups is 1. The molecule has 0 fully saturated rings. The number of hydrogen-bond donors (Lipinski definition) is 3. The first-order chi connectivity index (χ1) is 18.7. The van der Waals surface area contributed by atoms with Crippen LogP contribution in [0, 0.1) is 6.92 Å². The molecule has 0 aliphatic heterocycles. The van der Waals surface area contributed by atoms with Crippen molar-refractivity contribution in [3.63, 3.8) is 0 Å². The zero-order valence-electron chi connectivity index (χ0n) is 22.8. The topological polar surface area (TPSA) is 105 Å². The van der Waals surface area contributed by atoms with Gasteiger partial charge in [0.05, 0.1) is 0 Å². The van der Waals surface area contributed by atoms with Gasteiger partial charge in [-0.05, 0) is 87.4 Å². The summed E-state index contributed by atoms with van der Waals surface area (Å²) in [6, 6.07) is 8.03. The minimum Gasteiger partial charge on any atom is -0.357 e. The lowest BCUT2D eigenvalue weighted by Crippen LogP contribution is -2.30. The van der Waals surface area contributed by atoms with Crippen LogP contribution in [0.4, 0.5) is 0 Å². The Hall–Kier alpha value is -4.33. The molecule has 0 unspecified atom stereocenters. The maximum absolute atomic E-state index is 13.8. The van der Waals surface area contributed by atoms with Gasteiger partial charge in [0.1, 0.15) is 5.52 Å². The Bertz CT molecular complexity index is 1880. The van der Waals surface area contributed by atoms with Crippen molar-refractivity contribution in [1.82, 2.24) is 24.4 Å². The fourth-order valence-corrected chi connectivity index (χ4v) is 6.12. The number of benzene rings is 1. The van der Waals surface area contributed by atoms with Crippen LogP contribution in [0.25, 0.3) is 32.9 Å². The van der Waals surface area contributed by atoms with E-state index in [1.54, 1.807) is 17.8 Å². The molecule has 8 heteroatoms. The second-order valence-corrected chi connectivity index (χ2v) is 10.9. The molecule has 1 aliphatic rings. The number of hydrogen-bond acceptors (Lipinski definition) is 3. The lowest BCUT2D eigenvalue weighted by molar-refractivity contribution is 0.0952. The summed E-state index contributed by atoms with van der Waals surface area (Å²) in [4.78, 5) is 45.4. The van der Waals surface area contributed by atoms with Gasteiger partial charge < -0.3 is 24.4 Å². The van der Waals surface area contributed by atoms with Crippen LogP contribution in [-0.2, 0) is 26.4 Å². The number of H-pyrrole nitrogens is 2. The van der Waals surface area contributed by atoms with Gasteiger partial charge in [0, 0.05) is 76.9 Å². The van der Waals surface area contributed by atoms with Crippen LogP contribution < -0.4 is 16.4 Å². The fourth-order valence-electron chi connectivity index (χ4n) is 6.12. The second kappa shape index (κ2) is 9.45. The van der Waals surface area contributed by atoms with Crippen molar-refractivity contribution in [2.45, 2.75) is 59.0 Å². The highest BCUT2D eigenvalue weighted by Crippen LogP contribution is 2.33. The maximum atomic E-state index is 13.8. The molecule has 5 aromatic rings. The molecule has 1 aromatic carbocycles. The van der Waals surface area contributed by atoms with E-state index in [9.17, 15) is 14.4 Å². The minimum atomic E-state index is -0.233. The highest BCUT2D eigenvalue weighted by molar-refractivity contribution is 6.09. The Kier molecular flexibility index (Phi) is 6.05. The average Bonchev–Trinajstić information content (AvgIpc) is 3.58. The summed E-state index contributed by atoms with van der Waals surface area (Å²) in [5.41, 5.74) is 7.39. The molecule has 1 aliphatic carbocycles. The van der Waals surface area contributed by atoms with Crippen molar-refractivity contribution in [1.29, 1.82) is 0 Å². The zero-order chi connectivity index (χ0) is 27.4.